The zero-order valence-electron chi connectivity index (χ0n) is 15.7. The highest BCUT2D eigenvalue weighted by molar-refractivity contribution is 6.13. The van der Waals surface area contributed by atoms with Crippen molar-refractivity contribution in [2.45, 2.75) is 6.92 Å². The standard InChI is InChI=1S/C23H21N3O/c1-15-14-21(25-23(27)17-8-11-18(12-9-17)26(2)3)20-13-10-16-6-4-5-7-19(16)22(20)24-15/h4-14H,1-3H3,(H,24,25,27). The molecule has 4 rings (SSSR count). The van der Waals surface area contributed by atoms with E-state index in [4.69, 9.17) is 4.98 Å². The maximum atomic E-state index is 12.8. The average molecular weight is 355 g/mol. The van der Waals surface area contributed by atoms with E-state index >= 15 is 0 Å². The van der Waals surface area contributed by atoms with Crippen molar-refractivity contribution < 1.29 is 4.79 Å². The molecule has 0 aliphatic rings. The van der Waals surface area contributed by atoms with Crippen LogP contribution in [0.15, 0.2) is 66.7 Å². The molecular formula is C23H21N3O. The molecule has 0 saturated carbocycles. The summed E-state index contributed by atoms with van der Waals surface area (Å²) in [6.45, 7) is 1.95. The predicted molar refractivity (Wildman–Crippen MR) is 113 cm³/mol. The molecule has 0 bridgehead atoms. The SMILES string of the molecule is Cc1cc(NC(=O)c2ccc(N(C)C)cc2)c2ccc3ccccc3c2n1. The summed E-state index contributed by atoms with van der Waals surface area (Å²) in [6.07, 6.45) is 0. The highest BCUT2D eigenvalue weighted by Gasteiger charge is 2.12. The molecule has 4 nitrogen and oxygen atoms in total. The van der Waals surface area contributed by atoms with Gasteiger partial charge in [-0.3, -0.25) is 9.78 Å². The lowest BCUT2D eigenvalue weighted by molar-refractivity contribution is 0.102. The highest BCUT2D eigenvalue weighted by atomic mass is 16.1. The molecule has 0 aliphatic carbocycles. The van der Waals surface area contributed by atoms with Gasteiger partial charge in [0.2, 0.25) is 0 Å². The summed E-state index contributed by atoms with van der Waals surface area (Å²) in [4.78, 5) is 19.5. The third-order valence-corrected chi connectivity index (χ3v) is 4.73. The summed E-state index contributed by atoms with van der Waals surface area (Å²) in [5.74, 6) is -0.125. The number of hydrogen-bond acceptors (Lipinski definition) is 3. The first kappa shape index (κ1) is 17.0. The molecule has 0 saturated heterocycles. The lowest BCUT2D eigenvalue weighted by atomic mass is 10.0. The molecular weight excluding hydrogens is 334 g/mol. The Hall–Kier alpha value is -3.40. The Balaban J connectivity index is 1.75. The number of amides is 1. The number of pyridine rings is 1. The quantitative estimate of drug-likeness (QED) is 0.525. The van der Waals surface area contributed by atoms with E-state index in [0.29, 0.717) is 5.56 Å². The summed E-state index contributed by atoms with van der Waals surface area (Å²) in [6, 6.07) is 21.7. The van der Waals surface area contributed by atoms with Crippen LogP contribution < -0.4 is 10.2 Å². The fourth-order valence-corrected chi connectivity index (χ4v) is 3.30. The van der Waals surface area contributed by atoms with E-state index < -0.39 is 0 Å². The van der Waals surface area contributed by atoms with Gasteiger partial charge in [0.05, 0.1) is 11.2 Å². The number of carbonyl (C=O) groups excluding carboxylic acids is 1. The Morgan fingerprint density at radius 3 is 2.41 bits per heavy atom. The number of fused-ring (bicyclic) bond motifs is 3. The summed E-state index contributed by atoms with van der Waals surface area (Å²) < 4.78 is 0. The van der Waals surface area contributed by atoms with E-state index in [2.05, 4.69) is 23.5 Å². The van der Waals surface area contributed by atoms with Crippen molar-refractivity contribution in [3.8, 4) is 0 Å². The number of anilines is 2. The number of nitrogens with one attached hydrogen (secondary N) is 1. The van der Waals surface area contributed by atoms with Gasteiger partial charge in [-0.25, -0.2) is 0 Å². The van der Waals surface area contributed by atoms with E-state index in [9.17, 15) is 4.79 Å². The van der Waals surface area contributed by atoms with Gasteiger partial charge in [0, 0.05) is 41.8 Å². The van der Waals surface area contributed by atoms with Gasteiger partial charge < -0.3 is 10.2 Å². The normalized spacial score (nSPS) is 10.9. The van der Waals surface area contributed by atoms with Crippen molar-refractivity contribution in [2.24, 2.45) is 0 Å². The van der Waals surface area contributed by atoms with E-state index in [-0.39, 0.29) is 5.91 Å². The molecule has 4 aromatic rings. The molecule has 0 spiro atoms. The monoisotopic (exact) mass is 355 g/mol. The van der Waals surface area contributed by atoms with E-state index in [1.807, 2.05) is 74.4 Å². The van der Waals surface area contributed by atoms with Crippen molar-refractivity contribution in [1.29, 1.82) is 0 Å². The number of rotatable bonds is 3. The van der Waals surface area contributed by atoms with Gasteiger partial charge in [0.25, 0.3) is 5.91 Å². The molecule has 4 heteroatoms. The Morgan fingerprint density at radius 1 is 0.926 bits per heavy atom. The molecule has 27 heavy (non-hydrogen) atoms. The van der Waals surface area contributed by atoms with Gasteiger partial charge in [0.1, 0.15) is 0 Å². The minimum atomic E-state index is -0.125. The molecule has 134 valence electrons. The molecule has 0 fully saturated rings. The largest absolute Gasteiger partial charge is 0.378 e. The first-order valence-electron chi connectivity index (χ1n) is 8.91. The number of aryl methyl sites for hydroxylation is 1. The van der Waals surface area contributed by atoms with Crippen LogP contribution in [-0.2, 0) is 0 Å². The Kier molecular flexibility index (Phi) is 4.24. The van der Waals surface area contributed by atoms with Gasteiger partial charge in [0.15, 0.2) is 0 Å². The number of benzene rings is 3. The van der Waals surface area contributed by atoms with Gasteiger partial charge >= 0.3 is 0 Å². The lowest BCUT2D eigenvalue weighted by Gasteiger charge is -2.14. The van der Waals surface area contributed by atoms with Crippen molar-refractivity contribution in [2.75, 3.05) is 24.3 Å². The van der Waals surface area contributed by atoms with Crippen molar-refractivity contribution in [3.63, 3.8) is 0 Å². The number of hydrogen-bond donors (Lipinski definition) is 1. The predicted octanol–water partition coefficient (Wildman–Crippen LogP) is 5.01. The lowest BCUT2D eigenvalue weighted by Crippen LogP contribution is -2.13. The number of carbonyl (C=O) groups is 1. The third kappa shape index (κ3) is 3.22. The second kappa shape index (κ2) is 6.72. The summed E-state index contributed by atoms with van der Waals surface area (Å²) in [5.41, 5.74) is 4.25. The molecule has 0 atom stereocenters. The summed E-state index contributed by atoms with van der Waals surface area (Å²) >= 11 is 0. The van der Waals surface area contributed by atoms with Crippen LogP contribution in [0.1, 0.15) is 16.1 Å². The fourth-order valence-electron chi connectivity index (χ4n) is 3.30. The Morgan fingerprint density at radius 2 is 1.67 bits per heavy atom. The Labute approximate surface area is 158 Å². The maximum absolute atomic E-state index is 12.8. The minimum Gasteiger partial charge on any atom is -0.378 e. The van der Waals surface area contributed by atoms with Gasteiger partial charge in [-0.15, -0.1) is 0 Å². The van der Waals surface area contributed by atoms with Gasteiger partial charge in [-0.05, 0) is 42.6 Å². The number of aromatic nitrogens is 1. The molecule has 1 N–H and O–H groups in total. The summed E-state index contributed by atoms with van der Waals surface area (Å²) in [7, 11) is 3.95. The average Bonchev–Trinajstić information content (AvgIpc) is 2.67. The topological polar surface area (TPSA) is 45.2 Å². The third-order valence-electron chi connectivity index (χ3n) is 4.73. The van der Waals surface area contributed by atoms with Crippen molar-refractivity contribution in [3.05, 3.63) is 78.0 Å². The van der Waals surface area contributed by atoms with Gasteiger partial charge in [-0.1, -0.05) is 36.4 Å². The summed E-state index contributed by atoms with van der Waals surface area (Å²) in [5, 5.41) is 6.23. The molecule has 1 aromatic heterocycles. The highest BCUT2D eigenvalue weighted by Crippen LogP contribution is 2.30. The Bertz CT molecular complexity index is 1150. The van der Waals surface area contributed by atoms with Crippen LogP contribution in [-0.4, -0.2) is 25.0 Å². The maximum Gasteiger partial charge on any atom is 0.255 e. The van der Waals surface area contributed by atoms with Crippen molar-refractivity contribution >= 4 is 39.0 Å². The zero-order chi connectivity index (χ0) is 19.0. The van der Waals surface area contributed by atoms with Crippen LogP contribution in [0.25, 0.3) is 21.7 Å². The van der Waals surface area contributed by atoms with Crippen LogP contribution in [0, 0.1) is 6.92 Å². The second-order valence-electron chi connectivity index (χ2n) is 6.89. The number of nitrogens with zero attached hydrogens (tertiary/aromatic N) is 2. The zero-order valence-corrected chi connectivity index (χ0v) is 15.7. The van der Waals surface area contributed by atoms with E-state index in [1.54, 1.807) is 0 Å². The van der Waals surface area contributed by atoms with E-state index in [0.717, 1.165) is 38.7 Å². The minimum absolute atomic E-state index is 0.125. The van der Waals surface area contributed by atoms with Gasteiger partial charge in [-0.2, -0.15) is 0 Å². The molecule has 0 aliphatic heterocycles. The second-order valence-corrected chi connectivity index (χ2v) is 6.89. The molecule has 1 heterocycles. The van der Waals surface area contributed by atoms with Crippen LogP contribution in [0.5, 0.6) is 0 Å². The fraction of sp³-hybridized carbons (Fsp3) is 0.130. The smallest absolute Gasteiger partial charge is 0.255 e. The molecule has 0 unspecified atom stereocenters. The van der Waals surface area contributed by atoms with Crippen LogP contribution >= 0.6 is 0 Å². The molecule has 1 amide bonds. The van der Waals surface area contributed by atoms with Crippen LogP contribution in [0.3, 0.4) is 0 Å². The van der Waals surface area contributed by atoms with E-state index in [1.165, 1.54) is 0 Å². The molecule has 3 aromatic carbocycles. The first-order valence-corrected chi connectivity index (χ1v) is 8.91. The molecule has 0 radical (unpaired) electrons. The first-order chi connectivity index (χ1) is 13.0. The van der Waals surface area contributed by atoms with Crippen LogP contribution in [0.2, 0.25) is 0 Å². The van der Waals surface area contributed by atoms with Crippen LogP contribution in [0.4, 0.5) is 11.4 Å². The van der Waals surface area contributed by atoms with Crippen molar-refractivity contribution in [1.82, 2.24) is 4.98 Å².